The predicted octanol–water partition coefficient (Wildman–Crippen LogP) is 4.02. The molecule has 0 fully saturated rings. The van der Waals surface area contributed by atoms with Crippen molar-refractivity contribution in [2.24, 2.45) is 5.84 Å². The largest absolute Gasteiger partial charge is 0.271 e. The van der Waals surface area contributed by atoms with Gasteiger partial charge in [-0.05, 0) is 29.8 Å². The normalized spacial score (nSPS) is 13.5. The summed E-state index contributed by atoms with van der Waals surface area (Å²) in [6, 6.07) is 10.2. The quantitative estimate of drug-likeness (QED) is 0.661. The maximum atomic E-state index is 13.0. The van der Waals surface area contributed by atoms with Gasteiger partial charge in [-0.2, -0.15) is 0 Å². The first-order valence-corrected chi connectivity index (χ1v) is 7.12. The smallest absolute Gasteiger partial charge is 0.123 e. The molecule has 3 N–H and O–H groups in total. The van der Waals surface area contributed by atoms with E-state index < -0.39 is 0 Å². The number of hydrogen-bond donors (Lipinski definition) is 2. The summed E-state index contributed by atoms with van der Waals surface area (Å²) >= 11 is 7.47. The van der Waals surface area contributed by atoms with Gasteiger partial charge in [-0.15, -0.1) is 11.3 Å². The highest BCUT2D eigenvalue weighted by Gasteiger charge is 2.32. The Labute approximate surface area is 121 Å². The van der Waals surface area contributed by atoms with Crippen molar-refractivity contribution < 1.29 is 4.39 Å². The van der Waals surface area contributed by atoms with Gasteiger partial charge in [0.05, 0.1) is 10.4 Å². The fourth-order valence-corrected chi connectivity index (χ4v) is 3.48. The molecule has 1 aromatic heterocycles. The van der Waals surface area contributed by atoms with Crippen LogP contribution in [0.2, 0.25) is 4.34 Å². The molecule has 1 unspecified atom stereocenters. The summed E-state index contributed by atoms with van der Waals surface area (Å²) in [5, 5.41) is 0. The van der Waals surface area contributed by atoms with Crippen molar-refractivity contribution in [3.63, 3.8) is 0 Å². The number of thiophene rings is 1. The Bertz CT molecular complexity index is 551. The summed E-state index contributed by atoms with van der Waals surface area (Å²) in [5.41, 5.74) is 3.58. The molecule has 1 heterocycles. The molecule has 1 atom stereocenters. The molecule has 0 aliphatic rings. The molecule has 0 amide bonds. The number of rotatable bonds is 4. The zero-order chi connectivity index (χ0) is 14.0. The molecule has 2 rings (SSSR count). The van der Waals surface area contributed by atoms with Crippen molar-refractivity contribution in [2.75, 3.05) is 0 Å². The molecule has 0 aliphatic heterocycles. The van der Waals surface area contributed by atoms with Crippen LogP contribution in [0.25, 0.3) is 0 Å². The monoisotopic (exact) mass is 298 g/mol. The number of hydrogen-bond acceptors (Lipinski definition) is 3. The number of nitrogens with one attached hydrogen (secondary N) is 1. The minimum absolute atomic E-state index is 0.0875. The predicted molar refractivity (Wildman–Crippen MR) is 78.8 cm³/mol. The third kappa shape index (κ3) is 2.98. The summed E-state index contributed by atoms with van der Waals surface area (Å²) in [7, 11) is 0. The minimum Gasteiger partial charge on any atom is -0.271 e. The van der Waals surface area contributed by atoms with Gasteiger partial charge in [0.15, 0.2) is 0 Å². The maximum absolute atomic E-state index is 13.0. The topological polar surface area (TPSA) is 38.0 Å². The third-order valence-electron chi connectivity index (χ3n) is 3.36. The lowest BCUT2D eigenvalue weighted by atomic mass is 9.77. The highest BCUT2D eigenvalue weighted by Crippen LogP contribution is 2.39. The highest BCUT2D eigenvalue weighted by molar-refractivity contribution is 7.16. The van der Waals surface area contributed by atoms with Gasteiger partial charge in [0.1, 0.15) is 5.82 Å². The Morgan fingerprint density at radius 1 is 1.21 bits per heavy atom. The second-order valence-corrected chi connectivity index (χ2v) is 6.72. The van der Waals surface area contributed by atoms with Crippen LogP contribution in [0.5, 0.6) is 0 Å². The van der Waals surface area contributed by atoms with Gasteiger partial charge in [0.2, 0.25) is 0 Å². The second-order valence-electron chi connectivity index (χ2n) is 4.97. The van der Waals surface area contributed by atoms with Crippen molar-refractivity contribution in [1.82, 2.24) is 5.43 Å². The van der Waals surface area contributed by atoms with E-state index in [0.717, 1.165) is 14.8 Å². The van der Waals surface area contributed by atoms with E-state index in [2.05, 4.69) is 19.3 Å². The van der Waals surface area contributed by atoms with Gasteiger partial charge >= 0.3 is 0 Å². The molecule has 0 aliphatic carbocycles. The number of nitrogens with two attached hydrogens (primary N) is 1. The first kappa shape index (κ1) is 14.5. The van der Waals surface area contributed by atoms with Crippen molar-refractivity contribution in [2.45, 2.75) is 25.3 Å². The van der Waals surface area contributed by atoms with Gasteiger partial charge < -0.3 is 0 Å². The van der Waals surface area contributed by atoms with Gasteiger partial charge in [-0.25, -0.2) is 4.39 Å². The fraction of sp³-hybridized carbons (Fsp3) is 0.286. The molecule has 19 heavy (non-hydrogen) atoms. The van der Waals surface area contributed by atoms with E-state index in [1.54, 1.807) is 12.1 Å². The summed E-state index contributed by atoms with van der Waals surface area (Å²) < 4.78 is 13.8. The van der Waals surface area contributed by atoms with E-state index in [-0.39, 0.29) is 17.3 Å². The number of halogens is 2. The van der Waals surface area contributed by atoms with Crippen LogP contribution in [0.4, 0.5) is 4.39 Å². The first-order valence-electron chi connectivity index (χ1n) is 5.92. The lowest BCUT2D eigenvalue weighted by Gasteiger charge is -2.34. The van der Waals surface area contributed by atoms with Crippen LogP contribution in [-0.2, 0) is 5.41 Å². The molecular weight excluding hydrogens is 283 g/mol. The average Bonchev–Trinajstić information content (AvgIpc) is 2.77. The van der Waals surface area contributed by atoms with Gasteiger partial charge in [-0.3, -0.25) is 11.3 Å². The number of benzene rings is 1. The third-order valence-corrected chi connectivity index (χ3v) is 4.65. The maximum Gasteiger partial charge on any atom is 0.123 e. The Morgan fingerprint density at radius 2 is 1.84 bits per heavy atom. The number of hydrazine groups is 1. The lowest BCUT2D eigenvalue weighted by molar-refractivity contribution is 0.357. The van der Waals surface area contributed by atoms with E-state index in [9.17, 15) is 4.39 Å². The second kappa shape index (κ2) is 5.59. The average molecular weight is 299 g/mol. The Kier molecular flexibility index (Phi) is 4.26. The van der Waals surface area contributed by atoms with E-state index in [1.165, 1.54) is 23.5 Å². The van der Waals surface area contributed by atoms with Crippen LogP contribution >= 0.6 is 22.9 Å². The molecule has 2 aromatic rings. The molecule has 5 heteroatoms. The van der Waals surface area contributed by atoms with Crippen LogP contribution in [0.3, 0.4) is 0 Å². The Balaban J connectivity index is 2.38. The van der Waals surface area contributed by atoms with Crippen molar-refractivity contribution in [1.29, 1.82) is 0 Å². The van der Waals surface area contributed by atoms with Crippen molar-refractivity contribution in [3.05, 3.63) is 57.0 Å². The van der Waals surface area contributed by atoms with E-state index in [0.29, 0.717) is 0 Å². The van der Waals surface area contributed by atoms with Crippen LogP contribution in [0, 0.1) is 5.82 Å². The molecule has 0 saturated heterocycles. The molecule has 0 spiro atoms. The van der Waals surface area contributed by atoms with E-state index in [4.69, 9.17) is 17.4 Å². The van der Waals surface area contributed by atoms with Crippen LogP contribution in [-0.4, -0.2) is 0 Å². The van der Waals surface area contributed by atoms with Gasteiger partial charge in [-0.1, -0.05) is 37.6 Å². The Morgan fingerprint density at radius 3 is 2.32 bits per heavy atom. The molecule has 2 nitrogen and oxygen atoms in total. The Hall–Kier alpha value is -0.940. The zero-order valence-corrected chi connectivity index (χ0v) is 12.4. The molecule has 0 radical (unpaired) electrons. The summed E-state index contributed by atoms with van der Waals surface area (Å²) in [5.74, 6) is 5.47. The minimum atomic E-state index is -0.281. The van der Waals surface area contributed by atoms with Crippen LogP contribution in [0.15, 0.2) is 36.4 Å². The fourth-order valence-electron chi connectivity index (χ4n) is 2.18. The SMILES string of the molecule is CC(C)(c1ccc(F)cc1)C(NN)c1ccc(Cl)s1. The highest BCUT2D eigenvalue weighted by atomic mass is 35.5. The van der Waals surface area contributed by atoms with Crippen molar-refractivity contribution in [3.8, 4) is 0 Å². The molecule has 0 bridgehead atoms. The van der Waals surface area contributed by atoms with Gasteiger partial charge in [0, 0.05) is 10.3 Å². The zero-order valence-electron chi connectivity index (χ0n) is 10.8. The first-order chi connectivity index (χ1) is 8.95. The molecule has 0 saturated carbocycles. The molecule has 1 aromatic carbocycles. The van der Waals surface area contributed by atoms with Gasteiger partial charge in [0.25, 0.3) is 0 Å². The summed E-state index contributed by atoms with van der Waals surface area (Å²) in [4.78, 5) is 1.06. The van der Waals surface area contributed by atoms with E-state index >= 15 is 0 Å². The van der Waals surface area contributed by atoms with Crippen molar-refractivity contribution >= 4 is 22.9 Å². The van der Waals surface area contributed by atoms with E-state index in [1.807, 2.05) is 12.1 Å². The summed E-state index contributed by atoms with van der Waals surface area (Å²) in [6.07, 6.45) is 0. The standard InChI is InChI=1S/C14H16ClFN2S/c1-14(2,9-3-5-10(16)6-4-9)13(18-17)11-7-8-12(15)19-11/h3-8,13,18H,17H2,1-2H3. The summed E-state index contributed by atoms with van der Waals surface area (Å²) in [6.45, 7) is 4.14. The van der Waals surface area contributed by atoms with Crippen LogP contribution in [0.1, 0.15) is 30.3 Å². The molecule has 102 valence electrons. The molecular formula is C14H16ClFN2S. The lowest BCUT2D eigenvalue weighted by Crippen LogP contribution is -2.40. The van der Waals surface area contributed by atoms with Crippen LogP contribution < -0.4 is 11.3 Å².